The monoisotopic (exact) mass is 300 g/mol. The van der Waals surface area contributed by atoms with Gasteiger partial charge in [0, 0.05) is 16.0 Å². The van der Waals surface area contributed by atoms with Crippen LogP contribution in [0.1, 0.15) is 10.4 Å². The first-order valence-electron chi connectivity index (χ1n) is 6.13. The highest BCUT2D eigenvalue weighted by Gasteiger charge is 2.21. The first kappa shape index (κ1) is 13.4. The molecule has 0 saturated carbocycles. The third-order valence-corrected chi connectivity index (χ3v) is 3.41. The summed E-state index contributed by atoms with van der Waals surface area (Å²) in [6.07, 6.45) is 0. The number of hydrogen-bond donors (Lipinski definition) is 1. The minimum absolute atomic E-state index is 0.339. The maximum atomic E-state index is 12.0. The van der Waals surface area contributed by atoms with Gasteiger partial charge in [-0.3, -0.25) is 0 Å². The number of fused-ring (bicyclic) bond motifs is 1. The molecule has 0 amide bonds. The average Bonchev–Trinajstić information content (AvgIpc) is 2.46. The van der Waals surface area contributed by atoms with Gasteiger partial charge in [0.15, 0.2) is 5.56 Å². The number of carboxylic acid groups (broad SMARTS) is 1. The van der Waals surface area contributed by atoms with Crippen molar-refractivity contribution in [2.75, 3.05) is 0 Å². The molecule has 1 aromatic heterocycles. The fraction of sp³-hybridized carbons (Fsp3) is 0. The summed E-state index contributed by atoms with van der Waals surface area (Å²) in [6, 6.07) is 13.5. The summed E-state index contributed by atoms with van der Waals surface area (Å²) in [5.74, 6) is -1.32. The SMILES string of the molecule is O=C(O)c1c(-c2ccc(Cl)cc2)c2ccccc2oc1=O. The van der Waals surface area contributed by atoms with Gasteiger partial charge < -0.3 is 9.52 Å². The first-order valence-corrected chi connectivity index (χ1v) is 6.51. The standard InChI is InChI=1S/C16H9ClO4/c17-10-7-5-9(6-8-10)13-11-3-1-2-4-12(11)21-16(20)14(13)15(18)19/h1-8H,(H,18,19). The maximum absolute atomic E-state index is 12.0. The van der Waals surface area contributed by atoms with Crippen LogP contribution in [0.5, 0.6) is 0 Å². The van der Waals surface area contributed by atoms with Crippen molar-refractivity contribution >= 4 is 28.5 Å². The number of carbonyl (C=O) groups is 1. The highest BCUT2D eigenvalue weighted by atomic mass is 35.5. The van der Waals surface area contributed by atoms with Crippen LogP contribution in [0.3, 0.4) is 0 Å². The van der Waals surface area contributed by atoms with Crippen molar-refractivity contribution in [2.24, 2.45) is 0 Å². The van der Waals surface area contributed by atoms with E-state index < -0.39 is 11.6 Å². The van der Waals surface area contributed by atoms with E-state index in [0.717, 1.165) is 0 Å². The molecule has 0 radical (unpaired) electrons. The van der Waals surface area contributed by atoms with Gasteiger partial charge >= 0.3 is 11.6 Å². The Bertz CT molecular complexity index is 894. The van der Waals surface area contributed by atoms with Crippen molar-refractivity contribution in [3.8, 4) is 11.1 Å². The summed E-state index contributed by atoms with van der Waals surface area (Å²) in [7, 11) is 0. The summed E-state index contributed by atoms with van der Waals surface area (Å²) < 4.78 is 5.08. The molecule has 21 heavy (non-hydrogen) atoms. The summed E-state index contributed by atoms with van der Waals surface area (Å²) in [5, 5.41) is 10.4. The Kier molecular flexibility index (Phi) is 3.23. The van der Waals surface area contributed by atoms with Crippen LogP contribution in [0.15, 0.2) is 57.7 Å². The van der Waals surface area contributed by atoms with Crippen LogP contribution >= 0.6 is 11.6 Å². The van der Waals surface area contributed by atoms with Gasteiger partial charge in [-0.05, 0) is 23.8 Å². The lowest BCUT2D eigenvalue weighted by atomic mass is 9.97. The van der Waals surface area contributed by atoms with Gasteiger partial charge in [0.25, 0.3) is 0 Å². The van der Waals surface area contributed by atoms with Crippen LogP contribution in [0.4, 0.5) is 0 Å². The van der Waals surface area contributed by atoms with Crippen molar-refractivity contribution in [1.29, 1.82) is 0 Å². The van der Waals surface area contributed by atoms with E-state index in [9.17, 15) is 14.7 Å². The maximum Gasteiger partial charge on any atom is 0.351 e. The zero-order valence-electron chi connectivity index (χ0n) is 10.7. The minimum atomic E-state index is -1.32. The highest BCUT2D eigenvalue weighted by Crippen LogP contribution is 2.31. The lowest BCUT2D eigenvalue weighted by molar-refractivity contribution is 0.0693. The zero-order valence-corrected chi connectivity index (χ0v) is 11.4. The zero-order chi connectivity index (χ0) is 15.0. The molecule has 0 unspecified atom stereocenters. The second-order valence-corrected chi connectivity index (χ2v) is 4.88. The molecule has 5 heteroatoms. The van der Waals surface area contributed by atoms with E-state index in [1.165, 1.54) is 0 Å². The average molecular weight is 301 g/mol. The Morgan fingerprint density at radius 3 is 2.38 bits per heavy atom. The van der Waals surface area contributed by atoms with E-state index in [4.69, 9.17) is 16.0 Å². The lowest BCUT2D eigenvalue weighted by Gasteiger charge is -2.09. The number of hydrogen-bond acceptors (Lipinski definition) is 3. The van der Waals surface area contributed by atoms with Crippen molar-refractivity contribution in [3.05, 3.63) is 69.5 Å². The van der Waals surface area contributed by atoms with E-state index in [1.807, 2.05) is 0 Å². The molecule has 1 N–H and O–H groups in total. The molecule has 0 saturated heterocycles. The fourth-order valence-corrected chi connectivity index (χ4v) is 2.39. The van der Waals surface area contributed by atoms with Crippen molar-refractivity contribution in [3.63, 3.8) is 0 Å². The van der Waals surface area contributed by atoms with Crippen LogP contribution in [0, 0.1) is 0 Å². The first-order chi connectivity index (χ1) is 10.1. The summed E-state index contributed by atoms with van der Waals surface area (Å²) in [5.41, 5.74) is 0.0338. The number of carboxylic acids is 1. The molecule has 0 fully saturated rings. The quantitative estimate of drug-likeness (QED) is 0.731. The van der Waals surface area contributed by atoms with Gasteiger partial charge in [-0.1, -0.05) is 41.9 Å². The van der Waals surface area contributed by atoms with Gasteiger partial charge in [-0.25, -0.2) is 9.59 Å². The van der Waals surface area contributed by atoms with E-state index in [0.29, 0.717) is 27.1 Å². The Morgan fingerprint density at radius 1 is 1.05 bits per heavy atom. The van der Waals surface area contributed by atoms with Gasteiger partial charge in [-0.2, -0.15) is 0 Å². The molecular formula is C16H9ClO4. The van der Waals surface area contributed by atoms with Crippen LogP contribution in [0.2, 0.25) is 5.02 Å². The van der Waals surface area contributed by atoms with Crippen LogP contribution in [-0.4, -0.2) is 11.1 Å². The lowest BCUT2D eigenvalue weighted by Crippen LogP contribution is -2.15. The van der Waals surface area contributed by atoms with Gasteiger partial charge in [0.1, 0.15) is 5.58 Å². The van der Waals surface area contributed by atoms with E-state index in [-0.39, 0.29) is 5.56 Å². The summed E-state index contributed by atoms with van der Waals surface area (Å²) in [4.78, 5) is 23.4. The molecule has 0 atom stereocenters. The number of benzene rings is 2. The molecule has 0 aliphatic rings. The molecule has 2 aromatic carbocycles. The predicted octanol–water partition coefficient (Wildman–Crippen LogP) is 3.81. The number of rotatable bonds is 2. The Hall–Kier alpha value is -2.59. The number of aromatic carboxylic acids is 1. The summed E-state index contributed by atoms with van der Waals surface area (Å²) >= 11 is 5.85. The third kappa shape index (κ3) is 2.30. The van der Waals surface area contributed by atoms with E-state index in [2.05, 4.69) is 0 Å². The smallest absolute Gasteiger partial charge is 0.351 e. The molecule has 3 rings (SSSR count). The van der Waals surface area contributed by atoms with Gasteiger partial charge in [0.05, 0.1) is 0 Å². The minimum Gasteiger partial charge on any atom is -0.477 e. The van der Waals surface area contributed by atoms with E-state index in [1.54, 1.807) is 48.5 Å². The second kappa shape index (κ2) is 5.07. The molecule has 0 aliphatic heterocycles. The Morgan fingerprint density at radius 2 is 1.71 bits per heavy atom. The van der Waals surface area contributed by atoms with Gasteiger partial charge in [-0.15, -0.1) is 0 Å². The molecule has 1 heterocycles. The van der Waals surface area contributed by atoms with Crippen molar-refractivity contribution in [2.45, 2.75) is 0 Å². The largest absolute Gasteiger partial charge is 0.477 e. The van der Waals surface area contributed by atoms with Gasteiger partial charge in [0.2, 0.25) is 0 Å². The normalized spacial score (nSPS) is 10.7. The van der Waals surface area contributed by atoms with E-state index >= 15 is 0 Å². The second-order valence-electron chi connectivity index (χ2n) is 4.45. The van der Waals surface area contributed by atoms with Crippen LogP contribution in [0.25, 0.3) is 22.1 Å². The topological polar surface area (TPSA) is 67.5 Å². The molecule has 0 aliphatic carbocycles. The number of halogens is 1. The summed E-state index contributed by atoms with van der Waals surface area (Å²) in [6.45, 7) is 0. The molecule has 0 bridgehead atoms. The van der Waals surface area contributed by atoms with Crippen molar-refractivity contribution in [1.82, 2.24) is 0 Å². The third-order valence-electron chi connectivity index (χ3n) is 3.16. The van der Waals surface area contributed by atoms with Crippen LogP contribution < -0.4 is 5.63 Å². The Balaban J connectivity index is 2.47. The predicted molar refractivity (Wildman–Crippen MR) is 79.9 cm³/mol. The molecule has 4 nitrogen and oxygen atoms in total. The number of para-hydroxylation sites is 1. The highest BCUT2D eigenvalue weighted by molar-refractivity contribution is 6.30. The van der Waals surface area contributed by atoms with Crippen LogP contribution in [-0.2, 0) is 0 Å². The molecule has 0 spiro atoms. The fourth-order valence-electron chi connectivity index (χ4n) is 2.26. The van der Waals surface area contributed by atoms with Crippen molar-refractivity contribution < 1.29 is 14.3 Å². The molecule has 3 aromatic rings. The Labute approximate surface area is 124 Å². The molecule has 104 valence electrons. The molecular weight excluding hydrogens is 292 g/mol.